The molecule has 0 saturated carbocycles. The van der Waals surface area contributed by atoms with Gasteiger partial charge in [0.1, 0.15) is 23.2 Å². The summed E-state index contributed by atoms with van der Waals surface area (Å²) in [5, 5.41) is 9.25. The normalized spacial score (nSPS) is 10.2. The molecule has 0 fully saturated rings. The molecule has 0 aliphatic heterocycles. The monoisotopic (exact) mass is 345 g/mol. The number of nitrogens with zero attached hydrogens (tertiary/aromatic N) is 3. The number of nitrogen functional groups attached to an aromatic ring is 2. The first-order valence-corrected chi connectivity index (χ1v) is 7.70. The Hall–Kier alpha value is -3.92. The molecular weight excluding hydrogens is 330 g/mol. The van der Waals surface area contributed by atoms with Gasteiger partial charge in [-0.05, 0) is 43.3 Å². The molecular formula is C19H15N5O2. The molecule has 2 aromatic carbocycles. The number of benzene rings is 2. The van der Waals surface area contributed by atoms with Crippen molar-refractivity contribution in [2.75, 3.05) is 11.5 Å². The summed E-state index contributed by atoms with van der Waals surface area (Å²) in [5.74, 6) is -0.0835. The largest absolute Gasteiger partial charge is 0.423 e. The molecule has 7 nitrogen and oxygen atoms in total. The molecule has 26 heavy (non-hydrogen) atoms. The molecule has 0 aliphatic rings. The molecule has 7 heteroatoms. The van der Waals surface area contributed by atoms with Crippen LogP contribution in [0.3, 0.4) is 0 Å². The van der Waals surface area contributed by atoms with Crippen molar-refractivity contribution in [1.29, 1.82) is 5.26 Å². The summed E-state index contributed by atoms with van der Waals surface area (Å²) in [6, 6.07) is 15.7. The first-order chi connectivity index (χ1) is 12.5. The summed E-state index contributed by atoms with van der Waals surface area (Å²) in [7, 11) is 0. The average molecular weight is 345 g/mol. The Kier molecular flexibility index (Phi) is 4.50. The van der Waals surface area contributed by atoms with Crippen LogP contribution in [0.25, 0.3) is 11.3 Å². The minimum atomic E-state index is -0.449. The average Bonchev–Trinajstić information content (AvgIpc) is 2.62. The lowest BCUT2D eigenvalue weighted by molar-refractivity contribution is 0.0734. The van der Waals surface area contributed by atoms with Gasteiger partial charge in [-0.1, -0.05) is 17.7 Å². The van der Waals surface area contributed by atoms with Gasteiger partial charge in [-0.2, -0.15) is 10.2 Å². The van der Waals surface area contributed by atoms with Crippen molar-refractivity contribution in [3.63, 3.8) is 0 Å². The van der Waals surface area contributed by atoms with Crippen LogP contribution in [0.2, 0.25) is 0 Å². The van der Waals surface area contributed by atoms with Gasteiger partial charge in [0.05, 0.1) is 11.3 Å². The smallest absolute Gasteiger partial charge is 0.343 e. The lowest BCUT2D eigenvalue weighted by Gasteiger charge is -2.08. The van der Waals surface area contributed by atoms with Crippen LogP contribution in [0, 0.1) is 18.3 Å². The van der Waals surface area contributed by atoms with E-state index in [1.807, 2.05) is 19.1 Å². The highest BCUT2D eigenvalue weighted by Gasteiger charge is 2.14. The van der Waals surface area contributed by atoms with Crippen LogP contribution in [0.15, 0.2) is 48.5 Å². The molecule has 3 rings (SSSR count). The zero-order chi connectivity index (χ0) is 18.7. The summed E-state index contributed by atoms with van der Waals surface area (Å²) in [5.41, 5.74) is 13.9. The third kappa shape index (κ3) is 3.44. The zero-order valence-electron chi connectivity index (χ0n) is 13.9. The molecule has 0 amide bonds. The van der Waals surface area contributed by atoms with Crippen LogP contribution in [-0.2, 0) is 0 Å². The maximum absolute atomic E-state index is 12.2. The highest BCUT2D eigenvalue weighted by atomic mass is 16.5. The highest BCUT2D eigenvalue weighted by Crippen LogP contribution is 2.27. The highest BCUT2D eigenvalue weighted by molar-refractivity contribution is 5.91. The molecule has 0 spiro atoms. The SMILES string of the molecule is Cc1cccc(C(=O)Oc2ccc(-c3nc(N)nc(N)c3C#N)cc2)c1. The first-order valence-electron chi connectivity index (χ1n) is 7.70. The molecule has 128 valence electrons. The van der Waals surface area contributed by atoms with E-state index < -0.39 is 5.97 Å². The lowest BCUT2D eigenvalue weighted by atomic mass is 10.1. The minimum absolute atomic E-state index is 0.0185. The van der Waals surface area contributed by atoms with Gasteiger partial charge in [-0.15, -0.1) is 0 Å². The Labute approximate surface area is 149 Å². The topological polar surface area (TPSA) is 128 Å². The van der Waals surface area contributed by atoms with Gasteiger partial charge in [0.15, 0.2) is 0 Å². The number of esters is 1. The van der Waals surface area contributed by atoms with Crippen LogP contribution in [0.1, 0.15) is 21.5 Å². The standard InChI is InChI=1S/C19H15N5O2/c1-11-3-2-4-13(9-11)18(25)26-14-7-5-12(6-8-14)16-15(10-20)17(21)24-19(22)23-16/h2-9H,1H3,(H4,21,22,23,24). The molecule has 0 bridgehead atoms. The predicted molar refractivity (Wildman–Crippen MR) is 97.1 cm³/mol. The number of carbonyl (C=O) groups excluding carboxylic acids is 1. The molecule has 0 unspecified atom stereocenters. The maximum atomic E-state index is 12.2. The number of hydrogen-bond donors (Lipinski definition) is 2. The number of rotatable bonds is 3. The van der Waals surface area contributed by atoms with Gasteiger partial charge in [0.2, 0.25) is 5.95 Å². The number of carbonyl (C=O) groups is 1. The molecule has 0 atom stereocenters. The summed E-state index contributed by atoms with van der Waals surface area (Å²) in [6.07, 6.45) is 0. The fourth-order valence-electron chi connectivity index (χ4n) is 2.43. The fourth-order valence-corrected chi connectivity index (χ4v) is 2.43. The van der Waals surface area contributed by atoms with Gasteiger partial charge in [-0.25, -0.2) is 9.78 Å². The van der Waals surface area contributed by atoms with Crippen molar-refractivity contribution in [2.45, 2.75) is 6.92 Å². The number of aryl methyl sites for hydroxylation is 1. The number of nitrogens with two attached hydrogens (primary N) is 2. The maximum Gasteiger partial charge on any atom is 0.343 e. The summed E-state index contributed by atoms with van der Waals surface area (Å²) in [4.78, 5) is 20.1. The van der Waals surface area contributed by atoms with Crippen molar-refractivity contribution >= 4 is 17.7 Å². The number of nitriles is 1. The number of ether oxygens (including phenoxy) is 1. The van der Waals surface area contributed by atoms with Crippen molar-refractivity contribution in [2.24, 2.45) is 0 Å². The van der Waals surface area contributed by atoms with E-state index in [9.17, 15) is 10.1 Å². The second-order valence-corrected chi connectivity index (χ2v) is 5.59. The van der Waals surface area contributed by atoms with Gasteiger partial charge in [0.25, 0.3) is 0 Å². The van der Waals surface area contributed by atoms with E-state index in [1.54, 1.807) is 42.5 Å². The van der Waals surface area contributed by atoms with Gasteiger partial charge in [0, 0.05) is 5.56 Å². The van der Waals surface area contributed by atoms with Crippen molar-refractivity contribution < 1.29 is 9.53 Å². The Morgan fingerprint density at radius 2 is 1.85 bits per heavy atom. The summed E-state index contributed by atoms with van der Waals surface area (Å²) in [6.45, 7) is 1.90. The molecule has 0 saturated heterocycles. The van der Waals surface area contributed by atoms with E-state index in [0.717, 1.165) is 5.56 Å². The van der Waals surface area contributed by atoms with Crippen LogP contribution < -0.4 is 16.2 Å². The fraction of sp³-hybridized carbons (Fsp3) is 0.0526. The van der Waals surface area contributed by atoms with Gasteiger partial charge >= 0.3 is 5.97 Å². The van der Waals surface area contributed by atoms with Crippen molar-refractivity contribution in [3.8, 4) is 23.1 Å². The van der Waals surface area contributed by atoms with Crippen LogP contribution in [0.5, 0.6) is 5.75 Å². The number of anilines is 2. The third-order valence-corrected chi connectivity index (χ3v) is 3.66. The van der Waals surface area contributed by atoms with E-state index in [4.69, 9.17) is 16.2 Å². The van der Waals surface area contributed by atoms with Crippen LogP contribution in [-0.4, -0.2) is 15.9 Å². The molecule has 1 heterocycles. The first kappa shape index (κ1) is 16.9. The molecule has 1 aromatic heterocycles. The molecule has 0 aliphatic carbocycles. The van der Waals surface area contributed by atoms with E-state index in [2.05, 4.69) is 9.97 Å². The van der Waals surface area contributed by atoms with Gasteiger partial charge in [-0.3, -0.25) is 0 Å². The molecule has 4 N–H and O–H groups in total. The Balaban J connectivity index is 1.86. The van der Waals surface area contributed by atoms with Crippen molar-refractivity contribution in [1.82, 2.24) is 9.97 Å². The number of aromatic nitrogens is 2. The number of hydrogen-bond acceptors (Lipinski definition) is 7. The van der Waals surface area contributed by atoms with E-state index in [0.29, 0.717) is 22.6 Å². The molecule has 3 aromatic rings. The van der Waals surface area contributed by atoms with E-state index in [-0.39, 0.29) is 17.3 Å². The Bertz CT molecular complexity index is 1020. The van der Waals surface area contributed by atoms with Gasteiger partial charge < -0.3 is 16.2 Å². The third-order valence-electron chi connectivity index (χ3n) is 3.66. The molecule has 0 radical (unpaired) electrons. The van der Waals surface area contributed by atoms with E-state index >= 15 is 0 Å². The van der Waals surface area contributed by atoms with Crippen LogP contribution in [0.4, 0.5) is 11.8 Å². The van der Waals surface area contributed by atoms with E-state index in [1.165, 1.54) is 0 Å². The minimum Gasteiger partial charge on any atom is -0.423 e. The second kappa shape index (κ2) is 6.91. The second-order valence-electron chi connectivity index (χ2n) is 5.59. The summed E-state index contributed by atoms with van der Waals surface area (Å²) < 4.78 is 5.36. The van der Waals surface area contributed by atoms with Crippen molar-refractivity contribution in [3.05, 3.63) is 65.2 Å². The quantitative estimate of drug-likeness (QED) is 0.551. The lowest BCUT2D eigenvalue weighted by Crippen LogP contribution is -2.08. The summed E-state index contributed by atoms with van der Waals surface area (Å²) >= 11 is 0. The Morgan fingerprint density at radius 1 is 1.12 bits per heavy atom. The van der Waals surface area contributed by atoms with Crippen LogP contribution >= 0.6 is 0 Å². The predicted octanol–water partition coefficient (Wildman–Crippen LogP) is 2.71. The zero-order valence-corrected chi connectivity index (χ0v) is 13.9. The Morgan fingerprint density at radius 3 is 2.50 bits per heavy atom.